The van der Waals surface area contributed by atoms with Crippen molar-refractivity contribution in [3.8, 4) is 0 Å². The van der Waals surface area contributed by atoms with Crippen LogP contribution in [-0.4, -0.2) is 193 Å². The highest BCUT2D eigenvalue weighted by molar-refractivity contribution is 7.85. The van der Waals surface area contributed by atoms with E-state index in [1.807, 2.05) is 38.4 Å². The lowest BCUT2D eigenvalue weighted by atomic mass is 10.0. The van der Waals surface area contributed by atoms with E-state index in [4.69, 9.17) is 39.0 Å². The van der Waals surface area contributed by atoms with Crippen LogP contribution in [-0.2, 0) is 86.6 Å². The number of nitrogens with zero attached hydrogens (tertiary/aromatic N) is 15. The highest BCUT2D eigenvalue weighted by Gasteiger charge is 2.18. The number of carbonyl (C=O) groups is 1. The van der Waals surface area contributed by atoms with Crippen molar-refractivity contribution in [2.24, 2.45) is 0 Å². The lowest BCUT2D eigenvalue weighted by molar-refractivity contribution is -0.135. The Morgan fingerprint density at radius 3 is 1.05 bits per heavy atom. The van der Waals surface area contributed by atoms with Crippen LogP contribution in [0, 0.1) is 34.6 Å². The van der Waals surface area contributed by atoms with Gasteiger partial charge in [0, 0.05) is 45.4 Å². The summed E-state index contributed by atoms with van der Waals surface area (Å²) in [6, 6.07) is 25.3. The zero-order valence-electron chi connectivity index (χ0n) is 66.7. The lowest BCUT2D eigenvalue weighted by Gasteiger charge is -2.10. The number of carboxylic acids is 1. The van der Waals surface area contributed by atoms with Gasteiger partial charge in [0.1, 0.15) is 72.0 Å². The minimum Gasteiger partial charge on any atom is -0.480 e. The van der Waals surface area contributed by atoms with Crippen molar-refractivity contribution in [2.45, 2.75) is 184 Å². The van der Waals surface area contributed by atoms with Gasteiger partial charge in [-0.2, -0.15) is 68.2 Å². The summed E-state index contributed by atoms with van der Waals surface area (Å²) in [7, 11) is -12.6. The molecule has 0 fully saturated rings. The molecule has 0 spiro atoms. The Bertz CT molecular complexity index is 4410. The van der Waals surface area contributed by atoms with Gasteiger partial charge < -0.3 is 82.3 Å². The van der Waals surface area contributed by atoms with Gasteiger partial charge in [0.25, 0.3) is 10.1 Å². The van der Waals surface area contributed by atoms with E-state index in [0.29, 0.717) is 89.8 Å². The molecule has 0 atom stereocenters. The van der Waals surface area contributed by atoms with Gasteiger partial charge in [-0.25, -0.2) is 15.0 Å². The van der Waals surface area contributed by atoms with E-state index in [9.17, 15) is 26.9 Å². The first-order valence-electron chi connectivity index (χ1n) is 37.7. The smallest absolute Gasteiger partial charge is 0.344 e. The van der Waals surface area contributed by atoms with Crippen LogP contribution in [0.2, 0.25) is 0 Å². The third kappa shape index (κ3) is 47.0. The van der Waals surface area contributed by atoms with E-state index in [2.05, 4.69) is 192 Å². The van der Waals surface area contributed by atoms with Crippen LogP contribution in [0.3, 0.4) is 0 Å². The number of hydrogen-bond donors (Lipinski definition) is 17. The fourth-order valence-electron chi connectivity index (χ4n) is 10.3. The molecule has 38 nitrogen and oxygen atoms in total. The van der Waals surface area contributed by atoms with Crippen molar-refractivity contribution < 1.29 is 65.9 Å². The summed E-state index contributed by atoms with van der Waals surface area (Å²) in [5.74, 6) is 5.19. The number of benzene rings is 3. The molecule has 8 aromatic rings. The number of nitrogens with one attached hydrogen (secondary N) is 9. The fourth-order valence-corrected chi connectivity index (χ4v) is 11.7. The van der Waals surface area contributed by atoms with Gasteiger partial charge in [0.15, 0.2) is 0 Å². The van der Waals surface area contributed by atoms with Crippen molar-refractivity contribution >= 4 is 80.5 Å². The molecule has 0 aliphatic carbocycles. The molecule has 5 aromatic heterocycles. The molecule has 0 aliphatic heterocycles. The number of hydrogen-bond acceptors (Lipinski definition) is 30. The third-order valence-electron chi connectivity index (χ3n) is 15.6. The standard InChI is InChI=1S/C17H24N4O3S.C17H22N4O2.C14H21N6O3P.C12H25N6O3P.C12H23N4O3P/c1-3-4-14-5-7-15(8-6-14)9-10-16-19-13(2)20-17(21-16)18-11-12-25(22,23)24;1-3-4-13-5-7-14(8-6-13)9-10-15-19-12(2)20-17(21-15)18-11-16(22)23;1-10-18-13(20-14(19-10)17-9-24(21,22)23)16-8-12-5-3-11(4-6-12)7-15-2;1-10-16-11(14-8-6-4-3-5-7-13-2)18-12(17-10)15-9-22(19,20)21;1-3-4-5-6-7-8-11-14-10(2)15-12(16-11)13-9-20(17,18)19/h5-8H,3-4,9-12H2,1-2H3,(H,22,23,24)(H,18,19,20,21);5-8H,3-4,9-11H2,1-2H3,(H,22,23)(H,18,19,20,21);3-6,15H,7-9H2,1-2H3,(H2,21,22,23)(H2,16,17,18,19,20);13H,3-9H2,1-2H3,(H2,19,20,21)(H2,14,15,16,17,18);3-9H2,1-2H3,(H2,17,18,19)(H,13,14,15,16). The molecule has 0 radical (unpaired) electrons. The third-order valence-corrected chi connectivity index (χ3v) is 18.1. The molecule has 114 heavy (non-hydrogen) atoms. The second-order valence-electron chi connectivity index (χ2n) is 26.3. The number of carboxylic acid groups (broad SMARTS) is 1. The number of rotatable bonds is 45. The van der Waals surface area contributed by atoms with Crippen molar-refractivity contribution in [3.05, 3.63) is 153 Å². The van der Waals surface area contributed by atoms with E-state index in [1.54, 1.807) is 34.6 Å². The van der Waals surface area contributed by atoms with Gasteiger partial charge in [-0.3, -0.25) is 23.0 Å². The van der Waals surface area contributed by atoms with Crippen molar-refractivity contribution in [2.75, 3.05) is 102 Å². The van der Waals surface area contributed by atoms with Gasteiger partial charge in [-0.1, -0.05) is 145 Å². The van der Waals surface area contributed by atoms with Crippen LogP contribution in [0.5, 0.6) is 0 Å². The zero-order valence-corrected chi connectivity index (χ0v) is 70.2. The molecular weight excluding hydrogens is 1550 g/mol. The quantitative estimate of drug-likeness (QED) is 0.00962. The second-order valence-corrected chi connectivity index (χ2v) is 32.8. The topological polar surface area (TPSA) is 566 Å². The van der Waals surface area contributed by atoms with E-state index >= 15 is 0 Å². The van der Waals surface area contributed by atoms with Gasteiger partial charge in [-0.05, 0) is 134 Å². The van der Waals surface area contributed by atoms with Crippen LogP contribution in [0.25, 0.3) is 0 Å². The van der Waals surface area contributed by atoms with Crippen LogP contribution in [0.15, 0.2) is 72.8 Å². The number of unbranched alkanes of at least 4 members (excludes halogenated alkanes) is 7. The number of aryl methyl sites for hydroxylation is 12. The highest BCUT2D eigenvalue weighted by atomic mass is 32.2. The molecule has 5 heterocycles. The van der Waals surface area contributed by atoms with Crippen LogP contribution in [0.4, 0.5) is 41.6 Å². The molecule has 0 saturated carbocycles. The summed E-state index contributed by atoms with van der Waals surface area (Å²) in [5, 5.41) is 34.1. The van der Waals surface area contributed by atoms with E-state index in [1.165, 1.54) is 53.5 Å². The Kier molecular flexibility index (Phi) is 44.9. The number of aliphatic carboxylic acids is 1. The fraction of sp³-hybridized carbons (Fsp3) is 0.528. The number of anilines is 7. The second kappa shape index (κ2) is 52.5. The SMILES string of the molecule is CCCCCCCc1nc(C)nc(NCP(=O)(O)O)n1.CCCc1ccc(CCc2nc(C)nc(NCC(=O)O)n2)cc1.CCCc1ccc(CCc2nc(C)nc(NCCS(=O)(=O)O)n2)cc1.CNCCCCCCNc1nc(C)nc(NCP(=O)(O)O)n1.CNCc1ccc(CNc2nc(C)nc(NCP(=O)(O)O)n2)cc1. The average Bonchev–Trinajstić information content (AvgIpc) is 0.881. The van der Waals surface area contributed by atoms with E-state index in [0.717, 1.165) is 102 Å². The summed E-state index contributed by atoms with van der Waals surface area (Å²) >= 11 is 0. The first kappa shape index (κ1) is 97.4. The van der Waals surface area contributed by atoms with Gasteiger partial charge in [-0.15, -0.1) is 0 Å². The first-order chi connectivity index (χ1) is 54.1. The van der Waals surface area contributed by atoms with Crippen molar-refractivity contribution in [1.29, 1.82) is 0 Å². The molecule has 42 heteroatoms. The molecule has 0 bridgehead atoms. The highest BCUT2D eigenvalue weighted by Crippen LogP contribution is 2.35. The normalized spacial score (nSPS) is 11.3. The minimum absolute atomic E-state index is 0.0423. The number of aromatic nitrogens is 15. The molecule has 17 N–H and O–H groups in total. The summed E-state index contributed by atoms with van der Waals surface area (Å²) < 4.78 is 62.8. The Balaban J connectivity index is 0.000000301. The molecule has 0 amide bonds. The minimum atomic E-state index is -4.17. The maximum atomic E-state index is 10.9. The molecule has 0 unspecified atom stereocenters. The largest absolute Gasteiger partial charge is 0.480 e. The predicted molar refractivity (Wildman–Crippen MR) is 441 cm³/mol. The molecular formula is C72H115N24O14P3S. The van der Waals surface area contributed by atoms with Crippen LogP contribution >= 0.6 is 22.8 Å². The van der Waals surface area contributed by atoms with E-state index < -0.39 is 63.5 Å². The summed E-state index contributed by atoms with van der Waals surface area (Å²) in [4.78, 5) is 126. The van der Waals surface area contributed by atoms with Crippen LogP contribution in [0.1, 0.15) is 171 Å². The molecule has 8 rings (SSSR count). The Hall–Kier alpha value is -8.94. The molecule has 0 saturated heterocycles. The van der Waals surface area contributed by atoms with E-state index in [-0.39, 0.29) is 30.9 Å². The maximum Gasteiger partial charge on any atom is 0.344 e. The summed E-state index contributed by atoms with van der Waals surface area (Å²) in [6.45, 7) is 18.1. The zero-order chi connectivity index (χ0) is 84.0. The van der Waals surface area contributed by atoms with Gasteiger partial charge in [0.2, 0.25) is 41.6 Å². The summed E-state index contributed by atoms with van der Waals surface area (Å²) in [5.41, 5.74) is 7.42. The van der Waals surface area contributed by atoms with Crippen molar-refractivity contribution in [3.63, 3.8) is 0 Å². The molecule has 0 aliphatic rings. The van der Waals surface area contributed by atoms with Crippen LogP contribution < -0.4 is 47.9 Å². The van der Waals surface area contributed by atoms with Gasteiger partial charge in [0.05, 0.1) is 5.75 Å². The molecule has 628 valence electrons. The maximum absolute atomic E-state index is 10.9. The van der Waals surface area contributed by atoms with Gasteiger partial charge >= 0.3 is 28.8 Å². The van der Waals surface area contributed by atoms with Crippen molar-refractivity contribution in [1.82, 2.24) is 85.4 Å². The molecule has 3 aromatic carbocycles. The Labute approximate surface area is 667 Å². The Morgan fingerprint density at radius 2 is 0.667 bits per heavy atom. The first-order valence-corrected chi connectivity index (χ1v) is 44.7. The summed E-state index contributed by atoms with van der Waals surface area (Å²) in [6.07, 6.45) is 17.1. The predicted octanol–water partition coefficient (Wildman–Crippen LogP) is 8.85. The lowest BCUT2D eigenvalue weighted by Crippen LogP contribution is -2.17. The monoisotopic (exact) mass is 1660 g/mol. The Morgan fingerprint density at radius 1 is 0.342 bits per heavy atom. The average molecular weight is 1670 g/mol.